The van der Waals surface area contributed by atoms with Crippen LogP contribution < -0.4 is 10.1 Å². The van der Waals surface area contributed by atoms with Gasteiger partial charge in [0.15, 0.2) is 11.6 Å². The molecule has 260 valence electrons. The van der Waals surface area contributed by atoms with Crippen LogP contribution >= 0.6 is 0 Å². The van der Waals surface area contributed by atoms with Crippen LogP contribution in [0.5, 0.6) is 5.75 Å². The van der Waals surface area contributed by atoms with Crippen molar-refractivity contribution in [2.45, 2.75) is 37.2 Å². The monoisotopic (exact) mass is 690 g/mol. The number of nitrogens with zero attached hydrogens (tertiary/aromatic N) is 1. The summed E-state index contributed by atoms with van der Waals surface area (Å²) >= 11 is 0. The molecule has 1 aliphatic rings. The van der Waals surface area contributed by atoms with Crippen molar-refractivity contribution < 1.29 is 32.5 Å². The van der Waals surface area contributed by atoms with Crippen LogP contribution in [0.2, 0.25) is 0 Å². The molecule has 0 spiro atoms. The Hall–Kier alpha value is -5.67. The number of rotatable bonds is 13. The van der Waals surface area contributed by atoms with E-state index in [2.05, 4.69) is 5.32 Å². The Morgan fingerprint density at radius 1 is 0.843 bits per heavy atom. The highest BCUT2D eigenvalue weighted by Crippen LogP contribution is 2.43. The molecule has 0 fully saturated rings. The van der Waals surface area contributed by atoms with E-state index in [1.54, 1.807) is 30.3 Å². The van der Waals surface area contributed by atoms with Crippen LogP contribution in [0.25, 0.3) is 17.2 Å². The lowest BCUT2D eigenvalue weighted by Crippen LogP contribution is -2.47. The van der Waals surface area contributed by atoms with Crippen molar-refractivity contribution in [3.05, 3.63) is 167 Å². The SMILES string of the molecule is O=C(NCc1cccc(C(F)(F)F)c1)[C@]1(C/C=C/c2ccccc2)N=C(c2ccc(OCCCO)cc2)O[C@@H]1c1ccc(-c2ccccc2)cc1. The molecular weight excluding hydrogens is 653 g/mol. The third-order valence-corrected chi connectivity index (χ3v) is 8.60. The fraction of sp³-hybridized carbons (Fsp3) is 0.190. The zero-order valence-electron chi connectivity index (χ0n) is 27.7. The Labute approximate surface area is 294 Å². The van der Waals surface area contributed by atoms with E-state index >= 15 is 0 Å². The second kappa shape index (κ2) is 15.9. The summed E-state index contributed by atoms with van der Waals surface area (Å²) in [5.74, 6) is 0.361. The molecule has 6 nitrogen and oxygen atoms in total. The van der Waals surface area contributed by atoms with E-state index in [4.69, 9.17) is 19.6 Å². The predicted octanol–water partition coefficient (Wildman–Crippen LogP) is 8.81. The highest BCUT2D eigenvalue weighted by molar-refractivity contribution is 6.01. The topological polar surface area (TPSA) is 80.2 Å². The fourth-order valence-corrected chi connectivity index (χ4v) is 5.93. The summed E-state index contributed by atoms with van der Waals surface area (Å²) in [7, 11) is 0. The molecule has 0 bridgehead atoms. The van der Waals surface area contributed by atoms with Gasteiger partial charge in [-0.15, -0.1) is 0 Å². The first-order valence-corrected chi connectivity index (χ1v) is 16.7. The maximum Gasteiger partial charge on any atom is 0.416 e. The number of alkyl halides is 3. The summed E-state index contributed by atoms with van der Waals surface area (Å²) < 4.78 is 52.8. The van der Waals surface area contributed by atoms with Gasteiger partial charge < -0.3 is 19.9 Å². The van der Waals surface area contributed by atoms with Crippen LogP contribution in [0.4, 0.5) is 13.2 Å². The van der Waals surface area contributed by atoms with E-state index in [0.29, 0.717) is 35.5 Å². The number of hydrogen-bond acceptors (Lipinski definition) is 5. The third kappa shape index (κ3) is 8.56. The van der Waals surface area contributed by atoms with Gasteiger partial charge in [-0.3, -0.25) is 4.79 Å². The van der Waals surface area contributed by atoms with Crippen molar-refractivity contribution in [3.8, 4) is 16.9 Å². The van der Waals surface area contributed by atoms with Crippen LogP contribution in [0.15, 0.2) is 145 Å². The summed E-state index contributed by atoms with van der Waals surface area (Å²) in [5, 5.41) is 12.0. The molecule has 2 atom stereocenters. The van der Waals surface area contributed by atoms with Crippen LogP contribution in [-0.4, -0.2) is 35.7 Å². The average molecular weight is 691 g/mol. The summed E-state index contributed by atoms with van der Waals surface area (Å²) in [6.45, 7) is 0.238. The van der Waals surface area contributed by atoms with E-state index in [-0.39, 0.29) is 25.5 Å². The Morgan fingerprint density at radius 2 is 1.51 bits per heavy atom. The highest BCUT2D eigenvalue weighted by atomic mass is 19.4. The van der Waals surface area contributed by atoms with Gasteiger partial charge in [-0.25, -0.2) is 4.99 Å². The highest BCUT2D eigenvalue weighted by Gasteiger charge is 2.52. The Kier molecular flexibility index (Phi) is 11.0. The molecule has 51 heavy (non-hydrogen) atoms. The summed E-state index contributed by atoms with van der Waals surface area (Å²) in [4.78, 5) is 19.5. The van der Waals surface area contributed by atoms with Gasteiger partial charge in [-0.2, -0.15) is 13.2 Å². The van der Waals surface area contributed by atoms with E-state index in [9.17, 15) is 18.0 Å². The number of aliphatic hydroxyl groups excluding tert-OH is 1. The van der Waals surface area contributed by atoms with Gasteiger partial charge in [0.1, 0.15) is 5.75 Å². The summed E-state index contributed by atoms with van der Waals surface area (Å²) in [6.07, 6.45) is -0.982. The maximum atomic E-state index is 14.5. The lowest BCUT2D eigenvalue weighted by Gasteiger charge is -2.30. The van der Waals surface area contributed by atoms with Crippen molar-refractivity contribution in [3.63, 3.8) is 0 Å². The van der Waals surface area contributed by atoms with Gasteiger partial charge in [-0.05, 0) is 64.2 Å². The molecule has 0 aromatic heterocycles. The first kappa shape index (κ1) is 35.2. The first-order valence-electron chi connectivity index (χ1n) is 16.7. The third-order valence-electron chi connectivity index (χ3n) is 8.60. The van der Waals surface area contributed by atoms with Gasteiger partial charge in [-0.1, -0.05) is 109 Å². The van der Waals surface area contributed by atoms with Crippen LogP contribution in [0, 0.1) is 0 Å². The molecule has 6 rings (SSSR count). The molecule has 2 N–H and O–H groups in total. The first-order chi connectivity index (χ1) is 24.7. The molecular formula is C42H37F3N2O4. The van der Waals surface area contributed by atoms with Crippen LogP contribution in [0.3, 0.4) is 0 Å². The van der Waals surface area contributed by atoms with Gasteiger partial charge in [0.25, 0.3) is 5.91 Å². The molecule has 1 aliphatic heterocycles. The summed E-state index contributed by atoms with van der Waals surface area (Å²) in [5.41, 5.74) is 2.27. The Balaban J connectivity index is 1.38. The maximum absolute atomic E-state index is 14.5. The van der Waals surface area contributed by atoms with Crippen LogP contribution in [0.1, 0.15) is 46.8 Å². The summed E-state index contributed by atoms with van der Waals surface area (Å²) in [6, 6.07) is 39.3. The molecule has 1 amide bonds. The molecule has 5 aromatic carbocycles. The van der Waals surface area contributed by atoms with Crippen molar-refractivity contribution in [1.82, 2.24) is 5.32 Å². The van der Waals surface area contributed by atoms with Crippen LogP contribution in [-0.2, 0) is 22.3 Å². The van der Waals surface area contributed by atoms with Crippen molar-refractivity contribution in [1.29, 1.82) is 0 Å². The minimum Gasteiger partial charge on any atom is -0.494 e. The second-order valence-corrected chi connectivity index (χ2v) is 12.2. The number of aliphatic hydroxyl groups is 1. The Morgan fingerprint density at radius 3 is 2.20 bits per heavy atom. The van der Waals surface area contributed by atoms with E-state index in [1.165, 1.54) is 6.07 Å². The van der Waals surface area contributed by atoms with Gasteiger partial charge in [0, 0.05) is 31.6 Å². The van der Waals surface area contributed by atoms with E-state index in [1.807, 2.05) is 97.1 Å². The predicted molar refractivity (Wildman–Crippen MR) is 192 cm³/mol. The minimum atomic E-state index is -4.52. The molecule has 0 radical (unpaired) electrons. The van der Waals surface area contributed by atoms with Gasteiger partial charge in [0.05, 0.1) is 12.2 Å². The second-order valence-electron chi connectivity index (χ2n) is 12.2. The van der Waals surface area contributed by atoms with Gasteiger partial charge in [0.2, 0.25) is 5.90 Å². The van der Waals surface area contributed by atoms with Gasteiger partial charge >= 0.3 is 6.18 Å². The van der Waals surface area contributed by atoms with Crippen molar-refractivity contribution in [2.75, 3.05) is 13.2 Å². The number of halogens is 3. The van der Waals surface area contributed by atoms with E-state index < -0.39 is 29.3 Å². The smallest absolute Gasteiger partial charge is 0.416 e. The van der Waals surface area contributed by atoms with Crippen molar-refractivity contribution >= 4 is 17.9 Å². The molecule has 9 heteroatoms. The Bertz CT molecular complexity index is 1960. The van der Waals surface area contributed by atoms with E-state index in [0.717, 1.165) is 28.8 Å². The number of aliphatic imine (C=N–C) groups is 1. The minimum absolute atomic E-state index is 0.0209. The number of benzene rings is 5. The zero-order valence-corrected chi connectivity index (χ0v) is 27.7. The molecule has 0 saturated heterocycles. The van der Waals surface area contributed by atoms with Crippen molar-refractivity contribution in [2.24, 2.45) is 4.99 Å². The molecule has 0 aliphatic carbocycles. The molecule has 5 aromatic rings. The normalized spacial score (nSPS) is 17.2. The number of carbonyl (C=O) groups excluding carboxylic acids is 1. The average Bonchev–Trinajstić information content (AvgIpc) is 3.55. The number of hydrogen-bond donors (Lipinski definition) is 2. The lowest BCUT2D eigenvalue weighted by atomic mass is 9.83. The molecule has 0 saturated carbocycles. The fourth-order valence-electron chi connectivity index (χ4n) is 5.93. The largest absolute Gasteiger partial charge is 0.494 e. The quantitative estimate of drug-likeness (QED) is 0.121. The lowest BCUT2D eigenvalue weighted by molar-refractivity contribution is -0.137. The number of amides is 1. The number of nitrogens with one attached hydrogen (secondary N) is 1. The zero-order chi connectivity index (χ0) is 35.7. The molecule has 1 heterocycles. The number of ether oxygens (including phenoxy) is 2. The number of carbonyl (C=O) groups is 1. The molecule has 0 unspecified atom stereocenters. The standard InChI is InChI=1S/C42H37F3N2O4/c43-42(44,45)36-16-7-12-31(28-36)29-46-40(49)41(25-8-13-30-10-3-1-4-11-30)38(34-19-17-33(18-20-34)32-14-5-2-6-15-32)51-39(47-41)35-21-23-37(24-22-35)50-27-9-26-48/h1-8,10-24,28,38,48H,9,25-27,29H2,(H,46,49)/b13-8+/t38-,41-/m1/s1.